The molecule has 5 rings (SSSR count). The number of para-hydroxylation sites is 3. The van der Waals surface area contributed by atoms with Gasteiger partial charge in [-0.3, -0.25) is 19.9 Å². The highest BCUT2D eigenvalue weighted by Gasteiger charge is 2.40. The molecule has 0 aliphatic heterocycles. The fourth-order valence-corrected chi connectivity index (χ4v) is 5.86. The van der Waals surface area contributed by atoms with Gasteiger partial charge in [0.15, 0.2) is 0 Å². The third kappa shape index (κ3) is 6.06. The summed E-state index contributed by atoms with van der Waals surface area (Å²) in [6.45, 7) is 2.07. The minimum atomic E-state index is -1.38. The third-order valence-electron chi connectivity index (χ3n) is 8.06. The average Bonchev–Trinajstić information content (AvgIpc) is 3.39. The molecule has 4 N–H and O–H groups in total. The molecule has 4 aromatic rings. The predicted octanol–water partition coefficient (Wildman–Crippen LogP) is 5.61. The average molecular weight is 555 g/mol. The van der Waals surface area contributed by atoms with Gasteiger partial charge in [-0.2, -0.15) is 0 Å². The van der Waals surface area contributed by atoms with E-state index in [0.29, 0.717) is 6.54 Å². The van der Waals surface area contributed by atoms with Crippen LogP contribution >= 0.6 is 0 Å². The Hall–Kier alpha value is -4.73. The van der Waals surface area contributed by atoms with E-state index in [1.807, 2.05) is 48.7 Å². The Morgan fingerprint density at radius 1 is 1.02 bits per heavy atom. The van der Waals surface area contributed by atoms with Crippen LogP contribution in [0.4, 0.5) is 16.2 Å². The summed E-state index contributed by atoms with van der Waals surface area (Å²) in [4.78, 5) is 46.0. The van der Waals surface area contributed by atoms with E-state index in [1.165, 1.54) is 18.2 Å². The van der Waals surface area contributed by atoms with Crippen molar-refractivity contribution in [1.29, 1.82) is 0 Å². The number of hydrogen-bond donors (Lipinski definition) is 4. The van der Waals surface area contributed by atoms with Gasteiger partial charge >= 0.3 is 6.03 Å². The first-order valence-corrected chi connectivity index (χ1v) is 13.9. The van der Waals surface area contributed by atoms with Crippen LogP contribution in [0.3, 0.4) is 0 Å². The molecule has 1 saturated carbocycles. The van der Waals surface area contributed by atoms with Gasteiger partial charge in [0.05, 0.1) is 4.92 Å². The molecule has 0 saturated heterocycles. The van der Waals surface area contributed by atoms with Gasteiger partial charge in [0.2, 0.25) is 5.91 Å². The summed E-state index contributed by atoms with van der Waals surface area (Å²) in [5.41, 5.74) is 0.886. The molecular formula is C31H34N6O4. The Kier molecular flexibility index (Phi) is 8.00. The molecule has 2 aromatic carbocycles. The molecule has 1 aliphatic rings. The van der Waals surface area contributed by atoms with E-state index >= 15 is 0 Å². The number of aromatic amines is 1. The van der Waals surface area contributed by atoms with Crippen LogP contribution in [0.2, 0.25) is 0 Å². The van der Waals surface area contributed by atoms with Crippen LogP contribution in [0.15, 0.2) is 79.1 Å². The molecule has 2 aromatic heterocycles. The molecule has 0 bridgehead atoms. The molecular weight excluding hydrogens is 520 g/mol. The largest absolute Gasteiger partial charge is 0.361 e. The maximum Gasteiger partial charge on any atom is 0.320 e. The second kappa shape index (κ2) is 11.8. The number of benzene rings is 2. The van der Waals surface area contributed by atoms with Crippen molar-refractivity contribution in [2.24, 2.45) is 0 Å². The molecule has 10 nitrogen and oxygen atoms in total. The third-order valence-corrected chi connectivity index (χ3v) is 8.06. The molecule has 10 heteroatoms. The van der Waals surface area contributed by atoms with Gasteiger partial charge in [0.25, 0.3) is 5.69 Å². The Balaban J connectivity index is 1.41. The molecule has 212 valence electrons. The SMILES string of the molecule is C[C@@](Cc1c[nH]c2ccccc12)(NC(=O)Nc1ccccc1[N+](=O)[O-])C(=O)NCC1(c2ccccn2)CCCCC1. The fraction of sp³-hybridized carbons (Fsp3) is 0.323. The zero-order chi connectivity index (χ0) is 28.9. The maximum atomic E-state index is 14.0. The van der Waals surface area contributed by atoms with Crippen molar-refractivity contribution < 1.29 is 14.5 Å². The van der Waals surface area contributed by atoms with Crippen molar-refractivity contribution in [2.75, 3.05) is 11.9 Å². The van der Waals surface area contributed by atoms with Crippen molar-refractivity contribution in [3.63, 3.8) is 0 Å². The molecule has 0 unspecified atom stereocenters. The maximum absolute atomic E-state index is 14.0. The predicted molar refractivity (Wildman–Crippen MR) is 158 cm³/mol. The summed E-state index contributed by atoms with van der Waals surface area (Å²) in [6, 6.07) is 18.8. The van der Waals surface area contributed by atoms with Crippen LogP contribution in [-0.2, 0) is 16.6 Å². The number of H-pyrrole nitrogens is 1. The number of amides is 3. The number of fused-ring (bicyclic) bond motifs is 1. The summed E-state index contributed by atoms with van der Waals surface area (Å²) >= 11 is 0. The van der Waals surface area contributed by atoms with Crippen molar-refractivity contribution >= 4 is 34.2 Å². The highest BCUT2D eigenvalue weighted by molar-refractivity contribution is 5.97. The highest BCUT2D eigenvalue weighted by Crippen LogP contribution is 2.38. The molecule has 1 fully saturated rings. The minimum absolute atomic E-state index is 0.0427. The molecule has 41 heavy (non-hydrogen) atoms. The van der Waals surface area contributed by atoms with E-state index in [4.69, 9.17) is 0 Å². The van der Waals surface area contributed by atoms with E-state index in [-0.39, 0.29) is 29.1 Å². The van der Waals surface area contributed by atoms with Gasteiger partial charge in [-0.25, -0.2) is 4.79 Å². The topological polar surface area (TPSA) is 142 Å². The standard InChI is InChI=1S/C31H34N6O4/c1-30(19-22-20-33-24-12-4-3-11-23(22)24,36-29(39)35-25-13-5-6-14-26(25)37(40)41)28(38)34-21-31(16-8-2-9-17-31)27-15-7-10-18-32-27/h3-7,10-15,18,20,33H,2,8-9,16-17,19,21H2,1H3,(H,34,38)(H2,35,36,39)/t30-/m0/s1. The number of pyridine rings is 1. The first-order valence-electron chi connectivity index (χ1n) is 13.9. The molecule has 2 heterocycles. The minimum Gasteiger partial charge on any atom is -0.361 e. The number of carbonyl (C=O) groups is 2. The van der Waals surface area contributed by atoms with E-state index in [0.717, 1.165) is 54.3 Å². The van der Waals surface area contributed by atoms with Gasteiger partial charge in [-0.1, -0.05) is 55.7 Å². The summed E-state index contributed by atoms with van der Waals surface area (Å²) in [5.74, 6) is -0.346. The second-order valence-electron chi connectivity index (χ2n) is 11.0. The van der Waals surface area contributed by atoms with Gasteiger partial charge in [-0.15, -0.1) is 0 Å². The van der Waals surface area contributed by atoms with Crippen LogP contribution in [-0.4, -0.2) is 38.9 Å². The van der Waals surface area contributed by atoms with Crippen molar-refractivity contribution in [3.05, 3.63) is 100 Å². The lowest BCUT2D eigenvalue weighted by atomic mass is 9.71. The normalized spacial score (nSPS) is 15.9. The summed E-state index contributed by atoms with van der Waals surface area (Å²) in [7, 11) is 0. The first kappa shape index (κ1) is 27.8. The smallest absolute Gasteiger partial charge is 0.320 e. The fourth-order valence-electron chi connectivity index (χ4n) is 5.86. The lowest BCUT2D eigenvalue weighted by molar-refractivity contribution is -0.383. The van der Waals surface area contributed by atoms with Gasteiger partial charge in [0, 0.05) is 53.4 Å². The lowest BCUT2D eigenvalue weighted by Gasteiger charge is -2.38. The first-order chi connectivity index (χ1) is 19.8. The van der Waals surface area contributed by atoms with Gasteiger partial charge in [-0.05, 0) is 49.6 Å². The number of urea groups is 1. The quantitative estimate of drug-likeness (QED) is 0.157. The number of nitro groups is 1. The van der Waals surface area contributed by atoms with Gasteiger partial charge in [0.1, 0.15) is 11.2 Å². The number of carbonyl (C=O) groups excluding carboxylic acids is 2. The number of nitrogens with zero attached hydrogens (tertiary/aromatic N) is 2. The Morgan fingerprint density at radius 3 is 2.51 bits per heavy atom. The van der Waals surface area contributed by atoms with Crippen LogP contribution < -0.4 is 16.0 Å². The van der Waals surface area contributed by atoms with E-state index in [9.17, 15) is 19.7 Å². The highest BCUT2D eigenvalue weighted by atomic mass is 16.6. The number of anilines is 1. The van der Waals surface area contributed by atoms with Crippen molar-refractivity contribution in [3.8, 4) is 0 Å². The lowest BCUT2D eigenvalue weighted by Crippen LogP contribution is -2.60. The second-order valence-corrected chi connectivity index (χ2v) is 11.0. The number of aromatic nitrogens is 2. The molecule has 3 amide bonds. The van der Waals surface area contributed by atoms with E-state index in [2.05, 4.69) is 25.9 Å². The van der Waals surface area contributed by atoms with Gasteiger partial charge < -0.3 is 20.9 Å². The zero-order valence-electron chi connectivity index (χ0n) is 23.0. The van der Waals surface area contributed by atoms with Crippen LogP contribution in [0.1, 0.15) is 50.3 Å². The Bertz CT molecular complexity index is 1550. The van der Waals surface area contributed by atoms with E-state index in [1.54, 1.807) is 19.2 Å². The number of hydrogen-bond acceptors (Lipinski definition) is 5. The van der Waals surface area contributed by atoms with E-state index < -0.39 is 16.5 Å². The summed E-state index contributed by atoms with van der Waals surface area (Å²) < 4.78 is 0. The van der Waals surface area contributed by atoms with Crippen molar-refractivity contribution in [1.82, 2.24) is 20.6 Å². The summed E-state index contributed by atoms with van der Waals surface area (Å²) in [6.07, 6.45) is 8.89. The summed E-state index contributed by atoms with van der Waals surface area (Å²) in [5, 5.41) is 21.0. The van der Waals surface area contributed by atoms with Crippen LogP contribution in [0.25, 0.3) is 10.9 Å². The monoisotopic (exact) mass is 554 g/mol. The zero-order valence-corrected chi connectivity index (χ0v) is 23.0. The molecule has 1 aliphatic carbocycles. The number of nitrogens with one attached hydrogen (secondary N) is 4. The number of rotatable bonds is 9. The van der Waals surface area contributed by atoms with Crippen LogP contribution in [0, 0.1) is 10.1 Å². The number of nitro benzene ring substituents is 1. The molecule has 1 atom stereocenters. The molecule has 0 radical (unpaired) electrons. The Labute approximate surface area is 238 Å². The molecule has 0 spiro atoms. The van der Waals surface area contributed by atoms with Crippen molar-refractivity contribution in [2.45, 2.75) is 56.4 Å². The van der Waals surface area contributed by atoms with Crippen LogP contribution in [0.5, 0.6) is 0 Å². The Morgan fingerprint density at radius 2 is 1.76 bits per heavy atom.